The largest absolute Gasteiger partial charge is 0.481 e. The Morgan fingerprint density at radius 1 is 1.07 bits per heavy atom. The molecular formula is C23H40N5O15P3. The molecule has 0 radical (unpaired) electrons. The summed E-state index contributed by atoms with van der Waals surface area (Å²) in [5.74, 6) is -0.541. The highest BCUT2D eigenvalue weighted by atomic mass is 31.3. The van der Waals surface area contributed by atoms with Crippen molar-refractivity contribution < 1.29 is 70.9 Å². The average molecular weight is 720 g/mol. The molecule has 8 N–H and O–H groups in total. The number of imidazole rings is 1. The summed E-state index contributed by atoms with van der Waals surface area (Å²) in [6.45, 7) is 6.93. The number of carbonyl (C=O) groups is 1. The van der Waals surface area contributed by atoms with E-state index in [4.69, 9.17) is 19.5 Å². The van der Waals surface area contributed by atoms with E-state index in [1.54, 1.807) is 0 Å². The van der Waals surface area contributed by atoms with Gasteiger partial charge in [-0.25, -0.2) is 28.6 Å². The number of ether oxygens (including phenoxy) is 1. The van der Waals surface area contributed by atoms with Crippen LogP contribution in [0.1, 0.15) is 60.1 Å². The molecule has 1 aliphatic heterocycles. The number of fused-ring (bicyclic) bond motifs is 1. The average Bonchev–Trinajstić information content (AvgIpc) is 3.45. The van der Waals surface area contributed by atoms with Crippen LogP contribution in [0.25, 0.3) is 11.2 Å². The molecule has 2 aromatic rings. The number of phosphoric ester groups is 3. The summed E-state index contributed by atoms with van der Waals surface area (Å²) in [4.78, 5) is 63.2. The van der Waals surface area contributed by atoms with Crippen molar-refractivity contribution in [1.29, 1.82) is 0 Å². The lowest BCUT2D eigenvalue weighted by molar-refractivity contribution is -0.134. The number of carbonyl (C=O) groups excluding carboxylic acids is 1. The van der Waals surface area contributed by atoms with Gasteiger partial charge in [-0.05, 0) is 18.3 Å². The van der Waals surface area contributed by atoms with Crippen LogP contribution in [0.15, 0.2) is 12.7 Å². The molecule has 2 aromatic heterocycles. The van der Waals surface area contributed by atoms with Gasteiger partial charge in [0.05, 0.1) is 19.5 Å². The number of aliphatic hydroxyl groups excluding tert-OH is 2. The van der Waals surface area contributed by atoms with E-state index in [9.17, 15) is 48.3 Å². The van der Waals surface area contributed by atoms with Crippen molar-refractivity contribution in [3.05, 3.63) is 12.7 Å². The molecule has 1 aliphatic rings. The van der Waals surface area contributed by atoms with Crippen LogP contribution in [0.5, 0.6) is 0 Å². The number of phosphoric acid groups is 3. The molecule has 0 spiro atoms. The molecule has 0 aliphatic carbocycles. The van der Waals surface area contributed by atoms with Crippen LogP contribution < -0.4 is 5.73 Å². The number of aromatic nitrogens is 4. The third kappa shape index (κ3) is 10.6. The minimum Gasteiger partial charge on any atom is -0.386 e. The molecule has 7 atom stereocenters. The molecular weight excluding hydrogens is 679 g/mol. The van der Waals surface area contributed by atoms with E-state index in [0.29, 0.717) is 6.42 Å². The highest BCUT2D eigenvalue weighted by Crippen LogP contribution is 2.61. The summed E-state index contributed by atoms with van der Waals surface area (Å²) in [6.07, 6.45) is -4.96. The van der Waals surface area contributed by atoms with E-state index < -0.39 is 78.5 Å². The number of nitrogens with two attached hydrogens (primary N) is 1. The minimum atomic E-state index is -5.48. The number of nitrogen functional groups attached to an aromatic ring is 1. The monoisotopic (exact) mass is 719 g/mol. The van der Waals surface area contributed by atoms with E-state index in [0.717, 1.165) is 23.6 Å². The molecule has 46 heavy (non-hydrogen) atoms. The summed E-state index contributed by atoms with van der Waals surface area (Å²) < 4.78 is 61.9. The van der Waals surface area contributed by atoms with Gasteiger partial charge in [-0.3, -0.25) is 22.9 Å². The van der Waals surface area contributed by atoms with Gasteiger partial charge in [0.15, 0.2) is 23.5 Å². The van der Waals surface area contributed by atoms with Crippen molar-refractivity contribution >= 4 is 46.2 Å². The molecule has 20 nitrogen and oxygen atoms in total. The molecule has 1 fully saturated rings. The summed E-state index contributed by atoms with van der Waals surface area (Å²) in [5.41, 5.74) is 4.49. The lowest BCUT2D eigenvalue weighted by Gasteiger charge is -2.30. The Hall–Kier alpha value is -1.73. The summed E-state index contributed by atoms with van der Waals surface area (Å²) in [5, 5.41) is 21.3. The fourth-order valence-corrected chi connectivity index (χ4v) is 7.30. The predicted octanol–water partition coefficient (Wildman–Crippen LogP) is 1.57. The van der Waals surface area contributed by atoms with Crippen LogP contribution in [-0.4, -0.2) is 92.7 Å². The van der Waals surface area contributed by atoms with E-state index in [-0.39, 0.29) is 28.8 Å². The number of ketones is 1. The van der Waals surface area contributed by atoms with Crippen LogP contribution >= 0.6 is 23.5 Å². The van der Waals surface area contributed by atoms with Crippen molar-refractivity contribution in [3.63, 3.8) is 0 Å². The van der Waals surface area contributed by atoms with Crippen molar-refractivity contribution in [2.24, 2.45) is 10.8 Å². The summed E-state index contributed by atoms with van der Waals surface area (Å²) in [6, 6.07) is 0. The third-order valence-corrected chi connectivity index (χ3v) is 9.93. The minimum absolute atomic E-state index is 0.0197. The van der Waals surface area contributed by atoms with Crippen LogP contribution in [0, 0.1) is 10.8 Å². The van der Waals surface area contributed by atoms with Gasteiger partial charge in [0.25, 0.3) is 0 Å². The molecule has 3 rings (SSSR count). The van der Waals surface area contributed by atoms with Crippen LogP contribution in [0.3, 0.4) is 0 Å². The zero-order valence-corrected chi connectivity index (χ0v) is 28.3. The van der Waals surface area contributed by atoms with Gasteiger partial charge in [-0.1, -0.05) is 34.6 Å². The van der Waals surface area contributed by atoms with E-state index in [1.807, 2.05) is 20.8 Å². The van der Waals surface area contributed by atoms with Gasteiger partial charge >= 0.3 is 23.5 Å². The van der Waals surface area contributed by atoms with Gasteiger partial charge in [-0.15, -0.1) is 0 Å². The van der Waals surface area contributed by atoms with Gasteiger partial charge in [0, 0.05) is 11.8 Å². The number of nitrogens with zero attached hydrogens (tertiary/aromatic N) is 4. The van der Waals surface area contributed by atoms with Crippen molar-refractivity contribution in [2.75, 3.05) is 18.9 Å². The zero-order chi connectivity index (χ0) is 34.9. The molecule has 0 amide bonds. The smallest absolute Gasteiger partial charge is 0.386 e. The number of hydrogen-bond acceptors (Lipinski definition) is 15. The summed E-state index contributed by atoms with van der Waals surface area (Å²) in [7, 11) is -16.1. The maximum absolute atomic E-state index is 12.6. The van der Waals surface area contributed by atoms with Crippen molar-refractivity contribution in [3.8, 4) is 0 Å². The SMILES string of the molecule is CC(C)(C)CCCC(=O)C(O)C(C)(C)COP(=O)(O)OP(=O)(O)OCC1OC(n2cnc3c(N)ncnc32)C(O)C1OP(=O)(O)O. The number of rotatable bonds is 16. The van der Waals surface area contributed by atoms with Gasteiger partial charge in [0.2, 0.25) is 0 Å². The third-order valence-electron chi connectivity index (χ3n) is 6.83. The van der Waals surface area contributed by atoms with Gasteiger partial charge < -0.3 is 40.3 Å². The first-order valence-electron chi connectivity index (χ1n) is 13.8. The second-order valence-corrected chi connectivity index (χ2v) is 16.8. The van der Waals surface area contributed by atoms with E-state index in [2.05, 4.69) is 23.8 Å². The summed E-state index contributed by atoms with van der Waals surface area (Å²) >= 11 is 0. The van der Waals surface area contributed by atoms with Crippen LogP contribution in [0.2, 0.25) is 0 Å². The fourth-order valence-electron chi connectivity index (χ4n) is 4.47. The van der Waals surface area contributed by atoms with Gasteiger partial charge in [-0.2, -0.15) is 4.31 Å². The molecule has 0 aromatic carbocycles. The molecule has 0 bridgehead atoms. The number of Topliss-reactive ketones (excluding diaryl/α,β-unsaturated/α-hetero) is 1. The van der Waals surface area contributed by atoms with E-state index >= 15 is 0 Å². The van der Waals surface area contributed by atoms with Crippen LogP contribution in [-0.2, 0) is 41.1 Å². The lowest BCUT2D eigenvalue weighted by atomic mass is 9.83. The predicted molar refractivity (Wildman–Crippen MR) is 157 cm³/mol. The fraction of sp³-hybridized carbons (Fsp3) is 0.739. The molecule has 1 saturated heterocycles. The zero-order valence-electron chi connectivity index (χ0n) is 25.6. The Morgan fingerprint density at radius 3 is 2.30 bits per heavy atom. The van der Waals surface area contributed by atoms with E-state index in [1.165, 1.54) is 13.8 Å². The molecule has 3 heterocycles. The first-order chi connectivity index (χ1) is 20.9. The Morgan fingerprint density at radius 2 is 1.70 bits per heavy atom. The number of hydrogen-bond donors (Lipinski definition) is 7. The highest BCUT2D eigenvalue weighted by molar-refractivity contribution is 7.61. The molecule has 262 valence electrons. The number of anilines is 1. The highest BCUT2D eigenvalue weighted by Gasteiger charge is 2.50. The topological polar surface area (TPSA) is 305 Å². The second kappa shape index (κ2) is 14.4. The lowest BCUT2D eigenvalue weighted by Crippen LogP contribution is -2.39. The maximum Gasteiger partial charge on any atom is 0.481 e. The molecule has 23 heteroatoms. The molecule has 0 saturated carbocycles. The van der Waals surface area contributed by atoms with Crippen molar-refractivity contribution in [2.45, 2.75) is 84.5 Å². The normalized spacial score (nSPS) is 24.5. The van der Waals surface area contributed by atoms with Crippen molar-refractivity contribution in [1.82, 2.24) is 19.5 Å². The Balaban J connectivity index is 1.65. The number of aliphatic hydroxyl groups is 2. The first-order valence-corrected chi connectivity index (χ1v) is 18.3. The Bertz CT molecular complexity index is 1530. The second-order valence-electron chi connectivity index (χ2n) is 12.6. The maximum atomic E-state index is 12.6. The standard InChI is InChI=1S/C23H40N5O15P3/c1-22(2,3)8-6-7-13(29)18(31)23(4,5)10-40-46(37,38)43-45(35,36)39-9-14-17(42-44(32,33)34)16(30)21(41-14)28-12-27-15-19(24)25-11-26-20(15)28/h11-12,14,16-18,21,30-31H,6-10H2,1-5H3,(H,35,36)(H,37,38)(H2,24,25,26)(H2,32,33,34). The Labute approximate surface area is 263 Å². The first kappa shape index (κ1) is 38.7. The Kier molecular flexibility index (Phi) is 12.1. The quantitative estimate of drug-likeness (QED) is 0.121. The van der Waals surface area contributed by atoms with Crippen LogP contribution in [0.4, 0.5) is 5.82 Å². The van der Waals surface area contributed by atoms with Gasteiger partial charge in [0.1, 0.15) is 36.3 Å². The molecule has 7 unspecified atom stereocenters.